The quantitative estimate of drug-likeness (QED) is 0.878. The van der Waals surface area contributed by atoms with Crippen molar-refractivity contribution in [2.45, 2.75) is 45.1 Å². The summed E-state index contributed by atoms with van der Waals surface area (Å²) in [5.74, 6) is 0.599. The maximum atomic E-state index is 12.0. The largest absolute Gasteiger partial charge is 0.439 e. The Morgan fingerprint density at radius 1 is 1.30 bits per heavy atom. The first-order valence-corrected chi connectivity index (χ1v) is 7.16. The zero-order valence-corrected chi connectivity index (χ0v) is 11.6. The molecule has 0 unspecified atom stereocenters. The van der Waals surface area contributed by atoms with E-state index in [4.69, 9.17) is 4.42 Å². The molecule has 1 aromatic carbocycles. The van der Waals surface area contributed by atoms with Gasteiger partial charge in [-0.3, -0.25) is 0 Å². The van der Waals surface area contributed by atoms with E-state index in [1.54, 1.807) is 6.92 Å². The first-order valence-electron chi connectivity index (χ1n) is 7.16. The van der Waals surface area contributed by atoms with Crippen LogP contribution in [0.3, 0.4) is 0 Å². The van der Waals surface area contributed by atoms with E-state index in [0.717, 1.165) is 18.4 Å². The van der Waals surface area contributed by atoms with Gasteiger partial charge in [0.25, 0.3) is 0 Å². The number of nitrogens with zero attached hydrogens (tertiary/aromatic N) is 1. The monoisotopic (exact) mass is 273 g/mol. The summed E-state index contributed by atoms with van der Waals surface area (Å²) >= 11 is 0. The van der Waals surface area contributed by atoms with E-state index in [9.17, 15) is 4.79 Å². The van der Waals surface area contributed by atoms with Crippen LogP contribution in [0.2, 0.25) is 0 Å². The van der Waals surface area contributed by atoms with E-state index in [-0.39, 0.29) is 6.03 Å². The molecule has 1 aromatic heterocycles. The topological polar surface area (TPSA) is 67.2 Å². The van der Waals surface area contributed by atoms with Crippen molar-refractivity contribution in [2.75, 3.05) is 5.32 Å². The third kappa shape index (κ3) is 2.76. The highest BCUT2D eigenvalue weighted by molar-refractivity contribution is 5.97. The number of carbonyl (C=O) groups is 1. The number of nitrogens with one attached hydrogen (secondary N) is 2. The van der Waals surface area contributed by atoms with Crippen LogP contribution in [0.5, 0.6) is 0 Å². The summed E-state index contributed by atoms with van der Waals surface area (Å²) in [6, 6.07) is 5.68. The summed E-state index contributed by atoms with van der Waals surface area (Å²) < 4.78 is 5.54. The molecule has 0 atom stereocenters. The number of rotatable bonds is 2. The van der Waals surface area contributed by atoms with Gasteiger partial charge in [-0.2, -0.15) is 0 Å². The molecule has 106 valence electrons. The molecule has 1 fully saturated rings. The van der Waals surface area contributed by atoms with Gasteiger partial charge in [0.2, 0.25) is 0 Å². The Bertz CT molecular complexity index is 615. The van der Waals surface area contributed by atoms with Gasteiger partial charge in [-0.1, -0.05) is 25.3 Å². The Kier molecular flexibility index (Phi) is 3.58. The van der Waals surface area contributed by atoms with Crippen molar-refractivity contribution in [3.63, 3.8) is 0 Å². The highest BCUT2D eigenvalue weighted by atomic mass is 16.3. The molecule has 0 radical (unpaired) electrons. The molecule has 0 saturated heterocycles. The van der Waals surface area contributed by atoms with E-state index >= 15 is 0 Å². The van der Waals surface area contributed by atoms with Crippen LogP contribution in [0.15, 0.2) is 22.6 Å². The second-order valence-electron chi connectivity index (χ2n) is 5.32. The number of amides is 2. The number of oxazole rings is 1. The van der Waals surface area contributed by atoms with E-state index in [2.05, 4.69) is 15.6 Å². The molecule has 5 nitrogen and oxygen atoms in total. The van der Waals surface area contributed by atoms with Crippen LogP contribution < -0.4 is 10.6 Å². The zero-order valence-electron chi connectivity index (χ0n) is 11.6. The smallest absolute Gasteiger partial charge is 0.319 e. The molecule has 1 aliphatic carbocycles. The fourth-order valence-corrected chi connectivity index (χ4v) is 2.75. The average Bonchev–Trinajstić information content (AvgIpc) is 2.81. The fraction of sp³-hybridized carbons (Fsp3) is 0.467. The summed E-state index contributed by atoms with van der Waals surface area (Å²) in [5.41, 5.74) is 2.05. The van der Waals surface area contributed by atoms with Gasteiger partial charge < -0.3 is 15.1 Å². The number of benzene rings is 1. The van der Waals surface area contributed by atoms with Gasteiger partial charge in [-0.05, 0) is 25.0 Å². The Morgan fingerprint density at radius 2 is 2.10 bits per heavy atom. The molecule has 20 heavy (non-hydrogen) atoms. The fourth-order valence-electron chi connectivity index (χ4n) is 2.75. The van der Waals surface area contributed by atoms with Crippen LogP contribution >= 0.6 is 0 Å². The second kappa shape index (κ2) is 5.53. The molecule has 0 spiro atoms. The first kappa shape index (κ1) is 13.0. The number of hydrogen-bond acceptors (Lipinski definition) is 3. The summed E-state index contributed by atoms with van der Waals surface area (Å²) in [6.07, 6.45) is 5.80. The van der Waals surface area contributed by atoms with Crippen LogP contribution in [0.25, 0.3) is 11.1 Å². The number of hydrogen-bond donors (Lipinski definition) is 2. The van der Waals surface area contributed by atoms with E-state index in [1.165, 1.54) is 19.3 Å². The van der Waals surface area contributed by atoms with Crippen molar-refractivity contribution < 1.29 is 9.21 Å². The van der Waals surface area contributed by atoms with Crippen molar-refractivity contribution >= 4 is 22.8 Å². The molecular weight excluding hydrogens is 254 g/mol. The lowest BCUT2D eigenvalue weighted by molar-refractivity contribution is 0.244. The first-order chi connectivity index (χ1) is 9.72. The molecule has 2 aromatic rings. The maximum Gasteiger partial charge on any atom is 0.319 e. The number of urea groups is 1. The predicted molar refractivity (Wildman–Crippen MR) is 77.8 cm³/mol. The van der Waals surface area contributed by atoms with Crippen LogP contribution in [-0.4, -0.2) is 17.1 Å². The summed E-state index contributed by atoms with van der Waals surface area (Å²) in [5, 5.41) is 5.89. The summed E-state index contributed by atoms with van der Waals surface area (Å²) in [7, 11) is 0. The molecule has 1 saturated carbocycles. The lowest BCUT2D eigenvalue weighted by atomic mass is 9.96. The molecule has 0 bridgehead atoms. The molecular formula is C15H19N3O2. The van der Waals surface area contributed by atoms with Gasteiger partial charge in [0.15, 0.2) is 11.5 Å². The lowest BCUT2D eigenvalue weighted by Crippen LogP contribution is -2.39. The van der Waals surface area contributed by atoms with Crippen molar-refractivity contribution in [1.29, 1.82) is 0 Å². The Labute approximate surface area is 117 Å². The molecule has 0 aliphatic heterocycles. The number of carbonyl (C=O) groups excluding carboxylic acids is 1. The molecule has 1 aliphatic rings. The van der Waals surface area contributed by atoms with Crippen LogP contribution in [0.1, 0.15) is 38.0 Å². The van der Waals surface area contributed by atoms with Gasteiger partial charge in [0.05, 0.1) is 5.69 Å². The lowest BCUT2D eigenvalue weighted by Gasteiger charge is -2.22. The number of para-hydroxylation sites is 1. The van der Waals surface area contributed by atoms with Gasteiger partial charge in [-0.25, -0.2) is 9.78 Å². The van der Waals surface area contributed by atoms with Gasteiger partial charge in [-0.15, -0.1) is 0 Å². The summed E-state index contributed by atoms with van der Waals surface area (Å²) in [6.45, 7) is 1.80. The SMILES string of the molecule is Cc1nc2cccc(NC(=O)NC3CCCCC3)c2o1. The number of fused-ring (bicyclic) bond motifs is 1. The average molecular weight is 273 g/mol. The molecule has 3 rings (SSSR count). The van der Waals surface area contributed by atoms with Crippen molar-refractivity contribution in [1.82, 2.24) is 10.3 Å². The Balaban J connectivity index is 1.70. The van der Waals surface area contributed by atoms with Crippen LogP contribution in [0.4, 0.5) is 10.5 Å². The predicted octanol–water partition coefficient (Wildman–Crippen LogP) is 3.59. The van der Waals surface area contributed by atoms with E-state index in [1.807, 2.05) is 18.2 Å². The minimum Gasteiger partial charge on any atom is -0.439 e. The minimum atomic E-state index is -0.168. The number of anilines is 1. The highest BCUT2D eigenvalue weighted by Gasteiger charge is 2.16. The van der Waals surface area contributed by atoms with Crippen molar-refractivity contribution in [2.24, 2.45) is 0 Å². The maximum absolute atomic E-state index is 12.0. The third-order valence-electron chi connectivity index (χ3n) is 3.71. The molecule has 1 heterocycles. The standard InChI is InChI=1S/C15H19N3O2/c1-10-16-12-8-5-9-13(14(12)20-10)18-15(19)17-11-6-3-2-4-7-11/h5,8-9,11H,2-4,6-7H2,1H3,(H2,17,18,19). The van der Waals surface area contributed by atoms with E-state index in [0.29, 0.717) is 23.2 Å². The molecule has 2 amide bonds. The normalized spacial score (nSPS) is 16.2. The minimum absolute atomic E-state index is 0.168. The molecule has 2 N–H and O–H groups in total. The zero-order chi connectivity index (χ0) is 13.9. The second-order valence-corrected chi connectivity index (χ2v) is 5.32. The van der Waals surface area contributed by atoms with Crippen molar-refractivity contribution in [3.8, 4) is 0 Å². The van der Waals surface area contributed by atoms with Crippen LogP contribution in [-0.2, 0) is 0 Å². The van der Waals surface area contributed by atoms with Gasteiger partial charge >= 0.3 is 6.03 Å². The number of aryl methyl sites for hydroxylation is 1. The Hall–Kier alpha value is -2.04. The molecule has 5 heteroatoms. The summed E-state index contributed by atoms with van der Waals surface area (Å²) in [4.78, 5) is 16.3. The number of aromatic nitrogens is 1. The Morgan fingerprint density at radius 3 is 2.90 bits per heavy atom. The van der Waals surface area contributed by atoms with E-state index < -0.39 is 0 Å². The van der Waals surface area contributed by atoms with Gasteiger partial charge in [0, 0.05) is 13.0 Å². The van der Waals surface area contributed by atoms with Crippen molar-refractivity contribution in [3.05, 3.63) is 24.1 Å². The third-order valence-corrected chi connectivity index (χ3v) is 3.71. The van der Waals surface area contributed by atoms with Crippen LogP contribution in [0, 0.1) is 6.92 Å². The van der Waals surface area contributed by atoms with Gasteiger partial charge in [0.1, 0.15) is 5.52 Å². The highest BCUT2D eigenvalue weighted by Crippen LogP contribution is 2.24.